The van der Waals surface area contributed by atoms with Crippen molar-refractivity contribution in [3.05, 3.63) is 41.2 Å². The number of piperidine rings is 1. The first-order valence-electron chi connectivity index (χ1n) is 7.20. The van der Waals surface area contributed by atoms with Gasteiger partial charge in [0, 0.05) is 12.7 Å². The highest BCUT2D eigenvalue weighted by atomic mass is 35.5. The number of halogens is 2. The van der Waals surface area contributed by atoms with E-state index in [9.17, 15) is 9.90 Å². The third kappa shape index (κ3) is 3.96. The van der Waals surface area contributed by atoms with Crippen molar-refractivity contribution >= 4 is 35.6 Å². The van der Waals surface area contributed by atoms with Crippen LogP contribution >= 0.6 is 24.0 Å². The van der Waals surface area contributed by atoms with E-state index in [-0.39, 0.29) is 40.8 Å². The Morgan fingerprint density at radius 3 is 3.00 bits per heavy atom. The Bertz CT molecular complexity index is 684. The molecule has 1 aliphatic heterocycles. The molecule has 124 valence electrons. The molecular weight excluding hydrogens is 339 g/mol. The molecule has 3 rings (SSSR count). The SMILES string of the molecule is Cl.O=C(Nc1cccc(Cl)c1O)c1ccn(C2CCCNC2)n1. The Morgan fingerprint density at radius 2 is 2.26 bits per heavy atom. The van der Waals surface area contributed by atoms with Crippen LogP contribution in [0.5, 0.6) is 5.75 Å². The van der Waals surface area contributed by atoms with E-state index in [1.54, 1.807) is 24.3 Å². The molecule has 0 aliphatic carbocycles. The Kier molecular flexibility index (Phi) is 5.87. The number of carbonyl (C=O) groups excluding carboxylic acids is 1. The number of amides is 1. The highest BCUT2D eigenvalue weighted by Crippen LogP contribution is 2.31. The molecular formula is C15H18Cl2N4O2. The summed E-state index contributed by atoms with van der Waals surface area (Å²) >= 11 is 5.82. The molecule has 1 amide bonds. The summed E-state index contributed by atoms with van der Waals surface area (Å²) in [4.78, 5) is 12.2. The lowest BCUT2D eigenvalue weighted by atomic mass is 10.1. The molecule has 8 heteroatoms. The molecule has 1 fully saturated rings. The van der Waals surface area contributed by atoms with Gasteiger partial charge in [-0.2, -0.15) is 5.10 Å². The number of aromatic hydroxyl groups is 1. The molecule has 1 aromatic carbocycles. The number of anilines is 1. The zero-order valence-corrected chi connectivity index (χ0v) is 13.9. The van der Waals surface area contributed by atoms with Gasteiger partial charge in [-0.25, -0.2) is 0 Å². The first kappa shape index (κ1) is 17.6. The van der Waals surface area contributed by atoms with E-state index < -0.39 is 0 Å². The molecule has 23 heavy (non-hydrogen) atoms. The van der Waals surface area contributed by atoms with Gasteiger partial charge in [-0.3, -0.25) is 9.48 Å². The Balaban J connectivity index is 0.00000192. The number of phenolic OH excluding ortho intramolecular Hbond substituents is 1. The van der Waals surface area contributed by atoms with Crippen LogP contribution in [0.15, 0.2) is 30.5 Å². The van der Waals surface area contributed by atoms with Crippen molar-refractivity contribution in [1.82, 2.24) is 15.1 Å². The van der Waals surface area contributed by atoms with E-state index >= 15 is 0 Å². The van der Waals surface area contributed by atoms with Crippen LogP contribution in [0.4, 0.5) is 5.69 Å². The first-order valence-corrected chi connectivity index (χ1v) is 7.57. The largest absolute Gasteiger partial charge is 0.504 e. The van der Waals surface area contributed by atoms with E-state index in [0.717, 1.165) is 25.9 Å². The van der Waals surface area contributed by atoms with Gasteiger partial charge < -0.3 is 15.7 Å². The van der Waals surface area contributed by atoms with E-state index in [1.165, 1.54) is 0 Å². The van der Waals surface area contributed by atoms with Crippen molar-refractivity contribution < 1.29 is 9.90 Å². The Labute approximate surface area is 145 Å². The number of hydrogen-bond acceptors (Lipinski definition) is 4. The lowest BCUT2D eigenvalue weighted by Crippen LogP contribution is -2.32. The summed E-state index contributed by atoms with van der Waals surface area (Å²) in [5.41, 5.74) is 0.580. The second-order valence-electron chi connectivity index (χ2n) is 5.27. The van der Waals surface area contributed by atoms with Crippen molar-refractivity contribution in [2.75, 3.05) is 18.4 Å². The number of benzene rings is 1. The van der Waals surface area contributed by atoms with Crippen molar-refractivity contribution in [2.45, 2.75) is 18.9 Å². The number of hydrogen-bond donors (Lipinski definition) is 3. The summed E-state index contributed by atoms with van der Waals surface area (Å²) in [5, 5.41) is 20.3. The molecule has 2 aromatic rings. The lowest BCUT2D eigenvalue weighted by Gasteiger charge is -2.22. The van der Waals surface area contributed by atoms with Gasteiger partial charge in [0.2, 0.25) is 0 Å². The minimum absolute atomic E-state index is 0. The van der Waals surface area contributed by atoms with Gasteiger partial charge in [0.05, 0.1) is 16.8 Å². The van der Waals surface area contributed by atoms with E-state index in [1.807, 2.05) is 10.9 Å². The number of para-hydroxylation sites is 1. The summed E-state index contributed by atoms with van der Waals surface area (Å²) in [5.74, 6) is -0.520. The fourth-order valence-electron chi connectivity index (χ4n) is 2.52. The van der Waals surface area contributed by atoms with Gasteiger partial charge in [-0.1, -0.05) is 17.7 Å². The van der Waals surface area contributed by atoms with Gasteiger partial charge in [-0.15, -0.1) is 12.4 Å². The zero-order chi connectivity index (χ0) is 15.5. The fourth-order valence-corrected chi connectivity index (χ4v) is 2.70. The Morgan fingerprint density at radius 1 is 1.43 bits per heavy atom. The van der Waals surface area contributed by atoms with Crippen LogP contribution in [0.2, 0.25) is 5.02 Å². The topological polar surface area (TPSA) is 79.2 Å². The molecule has 1 unspecified atom stereocenters. The molecule has 2 heterocycles. The standard InChI is InChI=1S/C15H17ClN4O2.ClH/c16-11-4-1-5-12(14(11)21)18-15(22)13-6-8-20(19-13)10-3-2-7-17-9-10;/h1,4-6,8,10,17,21H,2-3,7,9H2,(H,18,22);1H. The number of nitrogens with zero attached hydrogens (tertiary/aromatic N) is 2. The average Bonchev–Trinajstić information content (AvgIpc) is 3.03. The van der Waals surface area contributed by atoms with Gasteiger partial charge in [0.25, 0.3) is 5.91 Å². The summed E-state index contributed by atoms with van der Waals surface area (Å²) in [6.07, 6.45) is 3.96. The third-order valence-electron chi connectivity index (χ3n) is 3.72. The number of carbonyl (C=O) groups is 1. The molecule has 0 saturated carbocycles. The minimum atomic E-state index is -0.375. The predicted octanol–water partition coefficient (Wildman–Crippen LogP) is 2.84. The maximum atomic E-state index is 12.2. The van der Waals surface area contributed by atoms with Crippen LogP contribution in [-0.4, -0.2) is 33.9 Å². The van der Waals surface area contributed by atoms with Crippen LogP contribution < -0.4 is 10.6 Å². The second kappa shape index (κ2) is 7.68. The van der Waals surface area contributed by atoms with Gasteiger partial charge in [0.15, 0.2) is 11.4 Å². The maximum Gasteiger partial charge on any atom is 0.276 e. The molecule has 1 atom stereocenters. The number of nitrogens with one attached hydrogen (secondary N) is 2. The second-order valence-corrected chi connectivity index (χ2v) is 5.68. The summed E-state index contributed by atoms with van der Waals surface area (Å²) < 4.78 is 1.82. The van der Waals surface area contributed by atoms with Crippen LogP contribution in [-0.2, 0) is 0 Å². The molecule has 6 nitrogen and oxygen atoms in total. The van der Waals surface area contributed by atoms with Gasteiger partial charge >= 0.3 is 0 Å². The molecule has 1 saturated heterocycles. The minimum Gasteiger partial charge on any atom is -0.504 e. The summed E-state index contributed by atoms with van der Waals surface area (Å²) in [7, 11) is 0. The van der Waals surface area contributed by atoms with Crippen molar-refractivity contribution in [2.24, 2.45) is 0 Å². The normalized spacial score (nSPS) is 17.3. The molecule has 3 N–H and O–H groups in total. The number of aromatic nitrogens is 2. The smallest absolute Gasteiger partial charge is 0.276 e. The molecule has 0 spiro atoms. The molecule has 0 bridgehead atoms. The zero-order valence-electron chi connectivity index (χ0n) is 12.3. The number of rotatable bonds is 3. The van der Waals surface area contributed by atoms with Crippen molar-refractivity contribution in [1.29, 1.82) is 0 Å². The van der Waals surface area contributed by atoms with Crippen molar-refractivity contribution in [3.8, 4) is 5.75 Å². The average molecular weight is 357 g/mol. The monoisotopic (exact) mass is 356 g/mol. The van der Waals surface area contributed by atoms with Gasteiger partial charge in [0.1, 0.15) is 0 Å². The van der Waals surface area contributed by atoms with Crippen molar-refractivity contribution in [3.63, 3.8) is 0 Å². The van der Waals surface area contributed by atoms with E-state index in [0.29, 0.717) is 5.69 Å². The maximum absolute atomic E-state index is 12.2. The Hall–Kier alpha value is -1.76. The fraction of sp³-hybridized carbons (Fsp3) is 0.333. The van der Waals surface area contributed by atoms with Crippen LogP contribution in [0.25, 0.3) is 0 Å². The van der Waals surface area contributed by atoms with Crippen LogP contribution in [0.3, 0.4) is 0 Å². The van der Waals surface area contributed by atoms with Crippen LogP contribution in [0, 0.1) is 0 Å². The molecule has 0 radical (unpaired) electrons. The number of phenols is 1. The highest BCUT2D eigenvalue weighted by Gasteiger charge is 2.18. The first-order chi connectivity index (χ1) is 10.6. The quantitative estimate of drug-likeness (QED) is 0.738. The summed E-state index contributed by atoms with van der Waals surface area (Å²) in [6.45, 7) is 1.89. The van der Waals surface area contributed by atoms with Crippen LogP contribution in [0.1, 0.15) is 29.4 Å². The highest BCUT2D eigenvalue weighted by molar-refractivity contribution is 6.32. The third-order valence-corrected chi connectivity index (χ3v) is 4.03. The predicted molar refractivity (Wildman–Crippen MR) is 91.7 cm³/mol. The lowest BCUT2D eigenvalue weighted by molar-refractivity contribution is 0.102. The van der Waals surface area contributed by atoms with E-state index in [4.69, 9.17) is 11.6 Å². The van der Waals surface area contributed by atoms with E-state index in [2.05, 4.69) is 15.7 Å². The molecule has 1 aliphatic rings. The molecule has 1 aromatic heterocycles. The van der Waals surface area contributed by atoms with Gasteiger partial charge in [-0.05, 0) is 37.6 Å². The summed E-state index contributed by atoms with van der Waals surface area (Å²) in [6, 6.07) is 6.74.